The van der Waals surface area contributed by atoms with Crippen LogP contribution in [0, 0.1) is 10.5 Å². The molecule has 0 radical (unpaired) electrons. The second-order valence-corrected chi connectivity index (χ2v) is 5.59. The maximum atomic E-state index is 5.55. The summed E-state index contributed by atoms with van der Waals surface area (Å²) in [6, 6.07) is 7.12. The van der Waals surface area contributed by atoms with Gasteiger partial charge in [-0.25, -0.2) is 0 Å². The van der Waals surface area contributed by atoms with E-state index in [1.165, 1.54) is 14.8 Å². The van der Waals surface area contributed by atoms with Crippen molar-refractivity contribution in [2.75, 3.05) is 11.9 Å². The summed E-state index contributed by atoms with van der Waals surface area (Å²) < 4.78 is 6.85. The van der Waals surface area contributed by atoms with Crippen molar-refractivity contribution < 1.29 is 4.74 Å². The molecule has 1 saturated carbocycles. The lowest BCUT2D eigenvalue weighted by Crippen LogP contribution is -2.40. The minimum absolute atomic E-state index is 0.478. The first kappa shape index (κ1) is 12.2. The molecule has 0 atom stereocenters. The van der Waals surface area contributed by atoms with Crippen LogP contribution in [0.1, 0.15) is 25.3 Å². The molecule has 3 heteroatoms. The summed E-state index contributed by atoms with van der Waals surface area (Å²) in [5.74, 6) is 0. The van der Waals surface area contributed by atoms with Crippen molar-refractivity contribution in [1.82, 2.24) is 0 Å². The van der Waals surface area contributed by atoms with E-state index < -0.39 is 0 Å². The van der Waals surface area contributed by atoms with Gasteiger partial charge in [0, 0.05) is 21.9 Å². The third-order valence-electron chi connectivity index (χ3n) is 3.05. The summed E-state index contributed by atoms with van der Waals surface area (Å²) in [5.41, 5.74) is 2.59. The Morgan fingerprint density at radius 1 is 1.44 bits per heavy atom. The summed E-state index contributed by atoms with van der Waals surface area (Å²) in [7, 11) is 0. The third-order valence-corrected chi connectivity index (χ3v) is 3.72. The number of halogens is 1. The number of aryl methyl sites for hydroxylation is 1. The number of hydrogen-bond acceptors (Lipinski definition) is 2. The highest BCUT2D eigenvalue weighted by molar-refractivity contribution is 14.1. The molecular formula is C13H18INO. The molecule has 16 heavy (non-hydrogen) atoms. The van der Waals surface area contributed by atoms with Gasteiger partial charge in [-0.1, -0.05) is 0 Å². The van der Waals surface area contributed by atoms with Crippen LogP contribution in [0.5, 0.6) is 0 Å². The van der Waals surface area contributed by atoms with Gasteiger partial charge in [-0.2, -0.15) is 0 Å². The molecule has 2 rings (SSSR count). The van der Waals surface area contributed by atoms with Crippen LogP contribution < -0.4 is 5.32 Å². The fourth-order valence-corrected chi connectivity index (χ4v) is 2.71. The van der Waals surface area contributed by atoms with Crippen molar-refractivity contribution in [3.63, 3.8) is 0 Å². The van der Waals surface area contributed by atoms with Gasteiger partial charge in [-0.3, -0.25) is 0 Å². The molecule has 2 nitrogen and oxygen atoms in total. The minimum atomic E-state index is 0.478. The molecule has 88 valence electrons. The van der Waals surface area contributed by atoms with E-state index in [1.807, 2.05) is 0 Å². The Kier molecular flexibility index (Phi) is 4.08. The van der Waals surface area contributed by atoms with Crippen molar-refractivity contribution in [3.05, 3.63) is 27.3 Å². The summed E-state index contributed by atoms with van der Waals surface area (Å²) in [6.45, 7) is 5.05. The molecule has 0 amide bonds. The second-order valence-electron chi connectivity index (χ2n) is 4.35. The molecule has 1 aliphatic rings. The standard InChI is InChI=1S/C13H18INO/c1-3-16-12-7-11(8-12)15-13-5-4-10(14)6-9(13)2/h4-6,11-12,15H,3,7-8H2,1-2H3. The van der Waals surface area contributed by atoms with E-state index in [-0.39, 0.29) is 0 Å². The van der Waals surface area contributed by atoms with Gasteiger partial charge < -0.3 is 10.1 Å². The van der Waals surface area contributed by atoms with E-state index in [2.05, 4.69) is 60.0 Å². The highest BCUT2D eigenvalue weighted by atomic mass is 127. The average molecular weight is 331 g/mol. The first-order chi connectivity index (χ1) is 7.69. The van der Waals surface area contributed by atoms with Crippen LogP contribution in [0.25, 0.3) is 0 Å². The van der Waals surface area contributed by atoms with Crippen LogP contribution in [0.4, 0.5) is 5.69 Å². The molecule has 0 bridgehead atoms. The second kappa shape index (κ2) is 5.36. The van der Waals surface area contributed by atoms with Crippen LogP contribution in [-0.2, 0) is 4.74 Å². The van der Waals surface area contributed by atoms with E-state index in [1.54, 1.807) is 0 Å². The highest BCUT2D eigenvalue weighted by Crippen LogP contribution is 2.28. The molecule has 1 fully saturated rings. The molecular weight excluding hydrogens is 313 g/mol. The van der Waals surface area contributed by atoms with Crippen molar-refractivity contribution >= 4 is 28.3 Å². The van der Waals surface area contributed by atoms with E-state index in [4.69, 9.17) is 4.74 Å². The van der Waals surface area contributed by atoms with Crippen LogP contribution in [0.2, 0.25) is 0 Å². The monoisotopic (exact) mass is 331 g/mol. The lowest BCUT2D eigenvalue weighted by Gasteiger charge is -2.36. The number of ether oxygens (including phenoxy) is 1. The van der Waals surface area contributed by atoms with Gasteiger partial charge >= 0.3 is 0 Å². The summed E-state index contributed by atoms with van der Waals surface area (Å²) >= 11 is 2.35. The van der Waals surface area contributed by atoms with E-state index in [0.717, 1.165) is 19.4 Å². The summed E-state index contributed by atoms with van der Waals surface area (Å²) in [5, 5.41) is 3.58. The maximum absolute atomic E-state index is 5.55. The highest BCUT2D eigenvalue weighted by Gasteiger charge is 2.29. The Labute approximate surface area is 111 Å². The first-order valence-corrected chi connectivity index (χ1v) is 6.91. The molecule has 0 aliphatic heterocycles. The molecule has 0 heterocycles. The molecule has 1 aromatic rings. The van der Waals surface area contributed by atoms with Gasteiger partial charge in [-0.15, -0.1) is 0 Å². The predicted molar refractivity (Wildman–Crippen MR) is 76.0 cm³/mol. The summed E-state index contributed by atoms with van der Waals surface area (Å²) in [6.07, 6.45) is 2.75. The van der Waals surface area contributed by atoms with E-state index in [9.17, 15) is 0 Å². The average Bonchev–Trinajstić information content (AvgIpc) is 2.18. The molecule has 0 unspecified atom stereocenters. The van der Waals surface area contributed by atoms with Gasteiger partial charge in [0.05, 0.1) is 6.10 Å². The molecule has 1 aromatic carbocycles. The van der Waals surface area contributed by atoms with Gasteiger partial charge in [0.25, 0.3) is 0 Å². The SMILES string of the molecule is CCOC1CC(Nc2ccc(I)cc2C)C1. The Morgan fingerprint density at radius 3 is 2.81 bits per heavy atom. The molecule has 0 spiro atoms. The topological polar surface area (TPSA) is 21.3 Å². The number of anilines is 1. The normalized spacial score (nSPS) is 23.9. The summed E-state index contributed by atoms with van der Waals surface area (Å²) in [4.78, 5) is 0. The van der Waals surface area contributed by atoms with Crippen molar-refractivity contribution in [2.24, 2.45) is 0 Å². The number of nitrogens with one attached hydrogen (secondary N) is 1. The van der Waals surface area contributed by atoms with Crippen LogP contribution >= 0.6 is 22.6 Å². The lowest BCUT2D eigenvalue weighted by atomic mass is 9.89. The largest absolute Gasteiger partial charge is 0.382 e. The Bertz CT molecular complexity index is 361. The van der Waals surface area contributed by atoms with E-state index in [0.29, 0.717) is 12.1 Å². The van der Waals surface area contributed by atoms with Gasteiger partial charge in [0.2, 0.25) is 0 Å². The third kappa shape index (κ3) is 2.88. The Morgan fingerprint density at radius 2 is 2.19 bits per heavy atom. The fraction of sp³-hybridized carbons (Fsp3) is 0.538. The zero-order valence-corrected chi connectivity index (χ0v) is 12.0. The lowest BCUT2D eigenvalue weighted by molar-refractivity contribution is 0.00298. The van der Waals surface area contributed by atoms with Gasteiger partial charge in [0.15, 0.2) is 0 Å². The van der Waals surface area contributed by atoms with E-state index >= 15 is 0 Å². The number of hydrogen-bond donors (Lipinski definition) is 1. The minimum Gasteiger partial charge on any atom is -0.382 e. The smallest absolute Gasteiger partial charge is 0.0614 e. The maximum Gasteiger partial charge on any atom is 0.0614 e. The zero-order chi connectivity index (χ0) is 11.5. The number of benzene rings is 1. The van der Waals surface area contributed by atoms with Crippen molar-refractivity contribution in [1.29, 1.82) is 0 Å². The van der Waals surface area contributed by atoms with Crippen LogP contribution in [-0.4, -0.2) is 18.8 Å². The van der Waals surface area contributed by atoms with Crippen molar-refractivity contribution in [2.45, 2.75) is 38.8 Å². The Balaban J connectivity index is 1.87. The fourth-order valence-electron chi connectivity index (χ4n) is 2.06. The zero-order valence-electron chi connectivity index (χ0n) is 9.79. The molecule has 1 aliphatic carbocycles. The molecule has 1 N–H and O–H groups in total. The quantitative estimate of drug-likeness (QED) is 0.852. The first-order valence-electron chi connectivity index (χ1n) is 5.83. The van der Waals surface area contributed by atoms with Crippen molar-refractivity contribution in [3.8, 4) is 0 Å². The van der Waals surface area contributed by atoms with Gasteiger partial charge in [-0.05, 0) is 73.0 Å². The predicted octanol–water partition coefficient (Wildman–Crippen LogP) is 3.58. The Hall–Kier alpha value is -0.290. The van der Waals surface area contributed by atoms with Crippen LogP contribution in [0.3, 0.4) is 0 Å². The van der Waals surface area contributed by atoms with Gasteiger partial charge in [0.1, 0.15) is 0 Å². The molecule has 0 saturated heterocycles. The van der Waals surface area contributed by atoms with Crippen LogP contribution in [0.15, 0.2) is 18.2 Å². The molecule has 0 aromatic heterocycles. The number of rotatable bonds is 4.